The van der Waals surface area contributed by atoms with Crippen molar-refractivity contribution >= 4 is 16.9 Å². The summed E-state index contributed by atoms with van der Waals surface area (Å²) >= 11 is 0.748. The fraction of sp³-hybridized carbons (Fsp3) is 0. The SMILES string of the molecule is O=C(Sc1nnc(-c2ccco2)o1)c1ccccc1O. The van der Waals surface area contributed by atoms with Crippen LogP contribution in [-0.4, -0.2) is 20.4 Å². The smallest absolute Gasteiger partial charge is 0.284 e. The molecule has 0 fully saturated rings. The van der Waals surface area contributed by atoms with Gasteiger partial charge >= 0.3 is 0 Å². The van der Waals surface area contributed by atoms with Gasteiger partial charge in [-0.25, -0.2) is 0 Å². The number of carbonyl (C=O) groups excluding carboxylic acids is 1. The molecule has 100 valence electrons. The predicted molar refractivity (Wildman–Crippen MR) is 70.3 cm³/mol. The lowest BCUT2D eigenvalue weighted by Gasteiger charge is -1.99. The molecule has 0 radical (unpaired) electrons. The van der Waals surface area contributed by atoms with E-state index in [1.54, 1.807) is 24.3 Å². The topological polar surface area (TPSA) is 89.4 Å². The van der Waals surface area contributed by atoms with Gasteiger partial charge in [0.25, 0.3) is 11.1 Å². The quantitative estimate of drug-likeness (QED) is 0.741. The Morgan fingerprint density at radius 1 is 1.15 bits per heavy atom. The van der Waals surface area contributed by atoms with Gasteiger partial charge in [-0.1, -0.05) is 12.1 Å². The molecule has 0 aliphatic carbocycles. The highest BCUT2D eigenvalue weighted by molar-refractivity contribution is 8.14. The normalized spacial score (nSPS) is 10.6. The maximum Gasteiger partial charge on any atom is 0.284 e. The zero-order chi connectivity index (χ0) is 13.9. The van der Waals surface area contributed by atoms with Crippen LogP contribution in [0.5, 0.6) is 5.75 Å². The van der Waals surface area contributed by atoms with E-state index in [-0.39, 0.29) is 27.5 Å². The molecule has 3 aromatic rings. The van der Waals surface area contributed by atoms with E-state index in [2.05, 4.69) is 10.2 Å². The molecule has 0 aliphatic rings. The van der Waals surface area contributed by atoms with E-state index in [4.69, 9.17) is 8.83 Å². The van der Waals surface area contributed by atoms with Crippen molar-refractivity contribution in [2.75, 3.05) is 0 Å². The minimum atomic E-state index is -0.377. The second-order valence-corrected chi connectivity index (χ2v) is 4.68. The lowest BCUT2D eigenvalue weighted by molar-refractivity contribution is 0.108. The Kier molecular flexibility index (Phi) is 3.26. The van der Waals surface area contributed by atoms with Crippen molar-refractivity contribution in [3.05, 3.63) is 48.2 Å². The lowest BCUT2D eigenvalue weighted by atomic mass is 10.2. The molecule has 0 aliphatic heterocycles. The largest absolute Gasteiger partial charge is 0.507 e. The molecule has 0 atom stereocenters. The highest BCUT2D eigenvalue weighted by Crippen LogP contribution is 2.28. The van der Waals surface area contributed by atoms with Gasteiger partial charge in [0.2, 0.25) is 5.12 Å². The Morgan fingerprint density at radius 2 is 2.00 bits per heavy atom. The molecule has 6 nitrogen and oxygen atoms in total. The fourth-order valence-corrected chi connectivity index (χ4v) is 2.17. The average molecular weight is 288 g/mol. The maximum atomic E-state index is 12.0. The third-order valence-corrected chi connectivity index (χ3v) is 3.19. The van der Waals surface area contributed by atoms with Crippen LogP contribution in [0.1, 0.15) is 10.4 Å². The number of hydrogen-bond acceptors (Lipinski definition) is 7. The first kappa shape index (κ1) is 12.5. The van der Waals surface area contributed by atoms with Gasteiger partial charge in [-0.05, 0) is 24.3 Å². The summed E-state index contributed by atoms with van der Waals surface area (Å²) in [5, 5.41) is 16.8. The summed E-state index contributed by atoms with van der Waals surface area (Å²) in [6.45, 7) is 0. The summed E-state index contributed by atoms with van der Waals surface area (Å²) in [6, 6.07) is 9.63. The Morgan fingerprint density at radius 3 is 2.75 bits per heavy atom. The van der Waals surface area contributed by atoms with E-state index >= 15 is 0 Å². The minimum absolute atomic E-state index is 0.0872. The van der Waals surface area contributed by atoms with Crippen molar-refractivity contribution in [3.8, 4) is 17.4 Å². The Bertz CT molecular complexity index is 736. The number of phenols is 1. The molecule has 0 amide bonds. The molecule has 1 N–H and O–H groups in total. The van der Waals surface area contributed by atoms with E-state index in [1.165, 1.54) is 18.4 Å². The van der Waals surface area contributed by atoms with Crippen LogP contribution in [0.15, 0.2) is 56.7 Å². The van der Waals surface area contributed by atoms with Gasteiger partial charge in [0.15, 0.2) is 5.76 Å². The molecule has 0 spiro atoms. The summed E-state index contributed by atoms with van der Waals surface area (Å²) in [4.78, 5) is 12.0. The molecule has 0 bridgehead atoms. The van der Waals surface area contributed by atoms with Crippen molar-refractivity contribution in [1.29, 1.82) is 0 Å². The second-order valence-electron chi connectivity index (χ2n) is 3.76. The van der Waals surface area contributed by atoms with Crippen LogP contribution in [0.3, 0.4) is 0 Å². The van der Waals surface area contributed by atoms with E-state index < -0.39 is 0 Å². The summed E-state index contributed by atoms with van der Waals surface area (Å²) < 4.78 is 10.4. The average Bonchev–Trinajstić information content (AvgIpc) is 3.09. The van der Waals surface area contributed by atoms with Gasteiger partial charge < -0.3 is 13.9 Å². The van der Waals surface area contributed by atoms with Gasteiger partial charge in [-0.15, -0.1) is 10.2 Å². The first-order valence-corrected chi connectivity index (χ1v) is 6.43. The number of benzene rings is 1. The van der Waals surface area contributed by atoms with Crippen LogP contribution >= 0.6 is 11.8 Å². The monoisotopic (exact) mass is 288 g/mol. The number of carbonyl (C=O) groups is 1. The van der Waals surface area contributed by atoms with Crippen molar-refractivity contribution < 1.29 is 18.7 Å². The highest BCUT2D eigenvalue weighted by Gasteiger charge is 2.17. The number of rotatable bonds is 3. The molecule has 1 aromatic carbocycles. The zero-order valence-corrected chi connectivity index (χ0v) is 10.8. The number of thioether (sulfide) groups is 1. The first-order valence-electron chi connectivity index (χ1n) is 5.61. The lowest BCUT2D eigenvalue weighted by Crippen LogP contribution is -1.93. The van der Waals surface area contributed by atoms with Gasteiger partial charge in [0.1, 0.15) is 5.75 Å². The van der Waals surface area contributed by atoms with Gasteiger partial charge in [-0.3, -0.25) is 4.79 Å². The molecule has 3 rings (SSSR count). The predicted octanol–water partition coefficient (Wildman–Crippen LogP) is 2.97. The van der Waals surface area contributed by atoms with Gasteiger partial charge in [0.05, 0.1) is 11.8 Å². The van der Waals surface area contributed by atoms with Crippen LogP contribution in [0.2, 0.25) is 0 Å². The molecule has 0 saturated heterocycles. The van der Waals surface area contributed by atoms with Crippen LogP contribution in [0.25, 0.3) is 11.7 Å². The van der Waals surface area contributed by atoms with Crippen molar-refractivity contribution in [1.82, 2.24) is 10.2 Å². The third-order valence-electron chi connectivity index (χ3n) is 2.44. The fourth-order valence-electron chi connectivity index (χ4n) is 1.53. The van der Waals surface area contributed by atoms with E-state index in [0.717, 1.165) is 11.8 Å². The molecule has 2 heterocycles. The highest BCUT2D eigenvalue weighted by atomic mass is 32.2. The summed E-state index contributed by atoms with van der Waals surface area (Å²) in [5.74, 6) is 0.540. The number of hydrogen-bond donors (Lipinski definition) is 1. The van der Waals surface area contributed by atoms with Crippen LogP contribution in [0, 0.1) is 0 Å². The third kappa shape index (κ3) is 2.43. The second kappa shape index (κ2) is 5.22. The van der Waals surface area contributed by atoms with Crippen molar-refractivity contribution in [2.24, 2.45) is 0 Å². The standard InChI is InChI=1S/C13H8N2O4S/c16-9-5-2-1-4-8(9)12(17)20-13-15-14-11(19-13)10-6-3-7-18-10/h1-7,16H. The van der Waals surface area contributed by atoms with Crippen LogP contribution < -0.4 is 0 Å². The number of nitrogens with zero attached hydrogens (tertiary/aromatic N) is 2. The van der Waals surface area contributed by atoms with Gasteiger partial charge in [-0.2, -0.15) is 0 Å². The number of para-hydroxylation sites is 1. The van der Waals surface area contributed by atoms with Crippen molar-refractivity contribution in [3.63, 3.8) is 0 Å². The number of aromatic nitrogens is 2. The van der Waals surface area contributed by atoms with E-state index in [0.29, 0.717) is 5.76 Å². The molecule has 2 aromatic heterocycles. The molecule has 0 unspecified atom stereocenters. The number of aromatic hydroxyl groups is 1. The van der Waals surface area contributed by atoms with E-state index in [1.807, 2.05) is 0 Å². The number of furan rings is 1. The summed E-state index contributed by atoms with van der Waals surface area (Å²) in [6.07, 6.45) is 1.49. The molecule has 7 heteroatoms. The molecular formula is C13H8N2O4S. The summed E-state index contributed by atoms with van der Waals surface area (Å²) in [7, 11) is 0. The molecule has 0 saturated carbocycles. The Labute approximate surface area is 117 Å². The molecule has 20 heavy (non-hydrogen) atoms. The maximum absolute atomic E-state index is 12.0. The van der Waals surface area contributed by atoms with E-state index in [9.17, 15) is 9.90 Å². The van der Waals surface area contributed by atoms with Crippen LogP contribution in [-0.2, 0) is 0 Å². The first-order chi connectivity index (χ1) is 9.74. The zero-order valence-electron chi connectivity index (χ0n) is 10.0. The molecular weight excluding hydrogens is 280 g/mol. The Hall–Kier alpha value is -2.54. The van der Waals surface area contributed by atoms with Gasteiger partial charge in [0, 0.05) is 11.8 Å². The summed E-state index contributed by atoms with van der Waals surface area (Å²) in [5.41, 5.74) is 0.190. The minimum Gasteiger partial charge on any atom is -0.507 e. The van der Waals surface area contributed by atoms with Crippen molar-refractivity contribution in [2.45, 2.75) is 5.22 Å². The number of phenolic OH excluding ortho intramolecular Hbond substituents is 1. The Balaban J connectivity index is 1.79. The van der Waals surface area contributed by atoms with Crippen LogP contribution in [0.4, 0.5) is 0 Å².